The number of nitrogens with two attached hydrogens (primary N) is 2. The smallest absolute Gasteiger partial charge is 0.308 e. The highest BCUT2D eigenvalue weighted by atomic mass is 16.5. The van der Waals surface area contributed by atoms with Crippen LogP contribution in [0, 0.1) is 5.92 Å². The van der Waals surface area contributed by atoms with Crippen molar-refractivity contribution in [2.24, 2.45) is 17.4 Å². The van der Waals surface area contributed by atoms with E-state index in [9.17, 15) is 28.8 Å². The van der Waals surface area contributed by atoms with Crippen LogP contribution in [0.4, 0.5) is 0 Å². The molecule has 0 aliphatic carbocycles. The largest absolute Gasteiger partial charge is 0.481 e. The molecule has 0 aromatic heterocycles. The maximum atomic E-state index is 13.1. The number of aliphatic carboxylic acids is 1. The van der Waals surface area contributed by atoms with Gasteiger partial charge < -0.3 is 42.1 Å². The fourth-order valence-corrected chi connectivity index (χ4v) is 3.63. The first kappa shape index (κ1) is 33.2. The average Bonchev–Trinajstić information content (AvgIpc) is 2.86. The summed E-state index contributed by atoms with van der Waals surface area (Å²) in [5.74, 6) is -3.68. The first-order chi connectivity index (χ1) is 18.4. The van der Waals surface area contributed by atoms with E-state index in [1.165, 1.54) is 6.92 Å². The van der Waals surface area contributed by atoms with Crippen LogP contribution in [0.1, 0.15) is 52.0 Å². The Morgan fingerprint density at radius 1 is 0.974 bits per heavy atom. The van der Waals surface area contributed by atoms with Crippen LogP contribution in [-0.4, -0.2) is 71.8 Å². The van der Waals surface area contributed by atoms with E-state index in [1.54, 1.807) is 38.1 Å². The summed E-state index contributed by atoms with van der Waals surface area (Å²) in [6.07, 6.45) is 1.11. The molecule has 1 rings (SSSR count). The van der Waals surface area contributed by atoms with Gasteiger partial charge in [-0.1, -0.05) is 26.0 Å². The van der Waals surface area contributed by atoms with Crippen LogP contribution in [0.15, 0.2) is 24.3 Å². The number of carbonyl (C=O) groups is 6. The van der Waals surface area contributed by atoms with Crippen LogP contribution in [0.5, 0.6) is 5.75 Å². The lowest BCUT2D eigenvalue weighted by atomic mass is 10.00. The highest BCUT2D eigenvalue weighted by molar-refractivity contribution is 5.94. The Morgan fingerprint density at radius 3 is 2.13 bits per heavy atom. The molecule has 0 radical (unpaired) electrons. The Labute approximate surface area is 227 Å². The van der Waals surface area contributed by atoms with Gasteiger partial charge in [0.2, 0.25) is 17.7 Å². The number of carboxylic acids is 1. The number of esters is 1. The summed E-state index contributed by atoms with van der Waals surface area (Å²) in [7, 11) is 0. The summed E-state index contributed by atoms with van der Waals surface area (Å²) >= 11 is 0. The molecule has 0 heterocycles. The van der Waals surface area contributed by atoms with Crippen molar-refractivity contribution >= 4 is 35.9 Å². The Hall–Kier alpha value is -3.84. The number of aldehydes is 1. The number of nitrogens with one attached hydrogen (secondary N) is 3. The maximum Gasteiger partial charge on any atom is 0.308 e. The van der Waals surface area contributed by atoms with Crippen LogP contribution in [0.25, 0.3) is 0 Å². The molecule has 0 saturated carbocycles. The molecular formula is C26H39N5O8. The van der Waals surface area contributed by atoms with Gasteiger partial charge >= 0.3 is 11.9 Å². The third-order valence-electron chi connectivity index (χ3n) is 5.69. The minimum absolute atomic E-state index is 0.152. The first-order valence-corrected chi connectivity index (χ1v) is 12.7. The van der Waals surface area contributed by atoms with Gasteiger partial charge in [0.1, 0.15) is 24.1 Å². The van der Waals surface area contributed by atoms with Gasteiger partial charge in [0.15, 0.2) is 0 Å². The van der Waals surface area contributed by atoms with Crippen molar-refractivity contribution in [1.29, 1.82) is 0 Å². The predicted molar refractivity (Wildman–Crippen MR) is 141 cm³/mol. The van der Waals surface area contributed by atoms with E-state index in [2.05, 4.69) is 16.0 Å². The van der Waals surface area contributed by atoms with Gasteiger partial charge in [0.05, 0.1) is 18.5 Å². The Balaban J connectivity index is 2.89. The lowest BCUT2D eigenvalue weighted by molar-refractivity contribution is -0.139. The van der Waals surface area contributed by atoms with E-state index in [1.807, 2.05) is 0 Å². The van der Waals surface area contributed by atoms with Crippen LogP contribution in [0.2, 0.25) is 0 Å². The van der Waals surface area contributed by atoms with Crippen molar-refractivity contribution in [3.8, 4) is 5.75 Å². The molecule has 0 saturated heterocycles. The lowest BCUT2D eigenvalue weighted by Crippen LogP contribution is -2.58. The minimum atomic E-state index is -1.27. The van der Waals surface area contributed by atoms with Crippen LogP contribution < -0.4 is 32.2 Å². The second-order valence-electron chi connectivity index (χ2n) is 9.47. The molecule has 3 amide bonds. The number of carbonyl (C=O) groups excluding carboxylic acids is 5. The zero-order chi connectivity index (χ0) is 29.5. The van der Waals surface area contributed by atoms with E-state index < -0.39 is 60.2 Å². The van der Waals surface area contributed by atoms with Crippen molar-refractivity contribution < 1.29 is 38.6 Å². The van der Waals surface area contributed by atoms with Gasteiger partial charge in [-0.05, 0) is 55.8 Å². The molecular weight excluding hydrogens is 510 g/mol. The molecule has 0 aliphatic heterocycles. The summed E-state index contributed by atoms with van der Waals surface area (Å²) in [4.78, 5) is 71.9. The zero-order valence-corrected chi connectivity index (χ0v) is 22.5. The van der Waals surface area contributed by atoms with E-state index in [0.29, 0.717) is 37.0 Å². The summed E-state index contributed by atoms with van der Waals surface area (Å²) in [5, 5.41) is 16.5. The third kappa shape index (κ3) is 12.5. The van der Waals surface area contributed by atoms with Crippen molar-refractivity contribution in [3.05, 3.63) is 29.8 Å². The van der Waals surface area contributed by atoms with Gasteiger partial charge in [0, 0.05) is 6.92 Å². The van der Waals surface area contributed by atoms with Gasteiger partial charge in [-0.15, -0.1) is 0 Å². The number of unbranched alkanes of at least 4 members (excludes halogenated alkanes) is 1. The number of amides is 3. The summed E-state index contributed by atoms with van der Waals surface area (Å²) in [6, 6.07) is 2.13. The van der Waals surface area contributed by atoms with Crippen molar-refractivity contribution in [1.82, 2.24) is 16.0 Å². The highest BCUT2D eigenvalue weighted by Crippen LogP contribution is 2.14. The molecule has 13 heteroatoms. The number of rotatable bonds is 17. The topological polar surface area (TPSA) is 220 Å². The summed E-state index contributed by atoms with van der Waals surface area (Å²) in [5.41, 5.74) is 12.3. The standard InChI is InChI=1S/C26H39N5O8/c1-15(2)23(31-24(36)20(28)12-17-7-9-19(10-8-17)39-16(3)33)26(38)30-21(6-4-5-11-27)25(37)29-18(14-32)13-22(34)35/h7-10,14-15,18,20-21,23H,4-6,11-13,27-28H2,1-3H3,(H,29,37)(H,30,38)(H,31,36)(H,34,35)/t18-,20-,21-,23-/m0/s1. The number of hydrogen-bond acceptors (Lipinski definition) is 9. The Morgan fingerprint density at radius 2 is 1.62 bits per heavy atom. The van der Waals surface area contributed by atoms with E-state index in [-0.39, 0.29) is 18.8 Å². The predicted octanol–water partition coefficient (Wildman–Crippen LogP) is -0.605. The van der Waals surface area contributed by atoms with Gasteiger partial charge in [-0.3, -0.25) is 24.0 Å². The highest BCUT2D eigenvalue weighted by Gasteiger charge is 2.31. The average molecular weight is 550 g/mol. The van der Waals surface area contributed by atoms with Crippen LogP contribution in [-0.2, 0) is 35.2 Å². The zero-order valence-electron chi connectivity index (χ0n) is 22.5. The summed E-state index contributed by atoms with van der Waals surface area (Å²) < 4.78 is 4.98. The molecule has 0 unspecified atom stereocenters. The Bertz CT molecular complexity index is 999. The molecule has 0 spiro atoms. The molecule has 0 aliphatic rings. The monoisotopic (exact) mass is 549 g/mol. The number of carboxylic acid groups (broad SMARTS) is 1. The van der Waals surface area contributed by atoms with E-state index in [4.69, 9.17) is 21.3 Å². The molecule has 4 atom stereocenters. The fourth-order valence-electron chi connectivity index (χ4n) is 3.63. The normalized spacial score (nSPS) is 13.9. The number of ether oxygens (including phenoxy) is 1. The molecule has 8 N–H and O–H groups in total. The third-order valence-corrected chi connectivity index (χ3v) is 5.69. The molecule has 39 heavy (non-hydrogen) atoms. The van der Waals surface area contributed by atoms with Crippen molar-refractivity contribution in [3.63, 3.8) is 0 Å². The minimum Gasteiger partial charge on any atom is -0.481 e. The number of benzene rings is 1. The van der Waals surface area contributed by atoms with E-state index in [0.717, 1.165) is 0 Å². The SMILES string of the molecule is CC(=O)Oc1ccc(C[C@H](N)C(=O)N[C@H](C(=O)N[C@@H](CCCCN)C(=O)N[C@H](C=O)CC(=O)O)C(C)C)cc1. The molecule has 0 fully saturated rings. The van der Waals surface area contributed by atoms with Crippen molar-refractivity contribution in [2.45, 2.75) is 77.0 Å². The molecule has 1 aromatic carbocycles. The molecule has 1 aromatic rings. The lowest BCUT2D eigenvalue weighted by Gasteiger charge is -2.27. The fraction of sp³-hybridized carbons (Fsp3) is 0.538. The second-order valence-corrected chi connectivity index (χ2v) is 9.47. The van der Waals surface area contributed by atoms with Gasteiger partial charge in [-0.2, -0.15) is 0 Å². The maximum absolute atomic E-state index is 13.1. The van der Waals surface area contributed by atoms with Gasteiger partial charge in [0.25, 0.3) is 0 Å². The quantitative estimate of drug-likeness (QED) is 0.0626. The molecule has 0 bridgehead atoms. The second kappa shape index (κ2) is 16.9. The van der Waals surface area contributed by atoms with Crippen LogP contribution >= 0.6 is 0 Å². The number of hydrogen-bond donors (Lipinski definition) is 6. The molecule has 216 valence electrons. The van der Waals surface area contributed by atoms with E-state index >= 15 is 0 Å². The van der Waals surface area contributed by atoms with Gasteiger partial charge in [-0.25, -0.2) is 0 Å². The Kier molecular flexibility index (Phi) is 14.4. The summed E-state index contributed by atoms with van der Waals surface area (Å²) in [6.45, 7) is 5.07. The van der Waals surface area contributed by atoms with Crippen molar-refractivity contribution in [2.75, 3.05) is 6.54 Å². The molecule has 13 nitrogen and oxygen atoms in total. The first-order valence-electron chi connectivity index (χ1n) is 12.7. The van der Waals surface area contributed by atoms with Crippen LogP contribution in [0.3, 0.4) is 0 Å².